The minimum atomic E-state index is -0.102. The Morgan fingerprint density at radius 3 is 2.59 bits per heavy atom. The Morgan fingerprint density at radius 2 is 1.93 bits per heavy atom. The first-order valence-corrected chi connectivity index (χ1v) is 9.01. The highest BCUT2D eigenvalue weighted by Gasteiger charge is 2.30. The number of fused-ring (bicyclic) bond motifs is 1. The Balaban J connectivity index is 1.55. The molecule has 138 valence electrons. The standard InChI is InChI=1S/C19H21N7O/c1-12(2)18-24-23-16-11-25(10-13(3)26(16)18)19(27)14-8-21-17(22-9-14)15-6-4-5-7-20-15/h4-9,12-13H,10-11H2,1-3H3/t13-/m0/s1. The van der Waals surface area contributed by atoms with Crippen LogP contribution >= 0.6 is 0 Å². The maximum Gasteiger partial charge on any atom is 0.257 e. The van der Waals surface area contributed by atoms with E-state index in [0.29, 0.717) is 36.1 Å². The molecule has 0 fully saturated rings. The topological polar surface area (TPSA) is 89.7 Å². The van der Waals surface area contributed by atoms with Gasteiger partial charge in [0, 0.05) is 31.1 Å². The molecule has 0 saturated heterocycles. The monoisotopic (exact) mass is 363 g/mol. The van der Waals surface area contributed by atoms with Crippen LogP contribution < -0.4 is 0 Å². The van der Waals surface area contributed by atoms with Crippen LogP contribution in [0.1, 0.15) is 54.7 Å². The smallest absolute Gasteiger partial charge is 0.257 e. The largest absolute Gasteiger partial charge is 0.329 e. The Labute approximate surface area is 157 Å². The molecule has 0 spiro atoms. The SMILES string of the molecule is CC(C)c1nnc2n1[C@@H](C)CN(C(=O)c1cnc(-c3ccccn3)nc1)C2. The Morgan fingerprint density at radius 1 is 1.15 bits per heavy atom. The first-order valence-electron chi connectivity index (χ1n) is 9.01. The lowest BCUT2D eigenvalue weighted by Gasteiger charge is -2.33. The van der Waals surface area contributed by atoms with E-state index in [2.05, 4.69) is 50.5 Å². The highest BCUT2D eigenvalue weighted by Crippen LogP contribution is 2.26. The van der Waals surface area contributed by atoms with Crippen LogP contribution in [0.5, 0.6) is 0 Å². The van der Waals surface area contributed by atoms with E-state index in [1.165, 1.54) is 0 Å². The zero-order valence-electron chi connectivity index (χ0n) is 15.6. The van der Waals surface area contributed by atoms with E-state index in [9.17, 15) is 4.79 Å². The highest BCUT2D eigenvalue weighted by atomic mass is 16.2. The zero-order chi connectivity index (χ0) is 19.0. The van der Waals surface area contributed by atoms with E-state index in [1.54, 1.807) is 23.5 Å². The minimum absolute atomic E-state index is 0.102. The van der Waals surface area contributed by atoms with Crippen molar-refractivity contribution in [3.05, 3.63) is 54.0 Å². The number of hydrogen-bond donors (Lipinski definition) is 0. The summed E-state index contributed by atoms with van der Waals surface area (Å²) in [7, 11) is 0. The van der Waals surface area contributed by atoms with Gasteiger partial charge < -0.3 is 9.47 Å². The summed E-state index contributed by atoms with van der Waals surface area (Å²) in [6.45, 7) is 7.32. The summed E-state index contributed by atoms with van der Waals surface area (Å²) in [5.74, 6) is 2.48. The lowest BCUT2D eigenvalue weighted by atomic mass is 10.1. The van der Waals surface area contributed by atoms with Crippen molar-refractivity contribution in [1.82, 2.24) is 34.6 Å². The van der Waals surface area contributed by atoms with Crippen LogP contribution in [-0.4, -0.2) is 47.1 Å². The molecular weight excluding hydrogens is 342 g/mol. The molecule has 4 heterocycles. The summed E-state index contributed by atoms with van der Waals surface area (Å²) in [5.41, 5.74) is 1.14. The van der Waals surface area contributed by atoms with Gasteiger partial charge in [0.25, 0.3) is 5.91 Å². The normalized spacial score (nSPS) is 16.4. The van der Waals surface area contributed by atoms with Gasteiger partial charge in [-0.25, -0.2) is 9.97 Å². The molecule has 0 bridgehead atoms. The van der Waals surface area contributed by atoms with Crippen LogP contribution in [0.3, 0.4) is 0 Å². The van der Waals surface area contributed by atoms with Crippen molar-refractivity contribution < 1.29 is 4.79 Å². The average Bonchev–Trinajstić information content (AvgIpc) is 3.13. The van der Waals surface area contributed by atoms with E-state index < -0.39 is 0 Å². The lowest BCUT2D eigenvalue weighted by molar-refractivity contribution is 0.0678. The quantitative estimate of drug-likeness (QED) is 0.710. The van der Waals surface area contributed by atoms with E-state index in [-0.39, 0.29) is 11.9 Å². The first-order chi connectivity index (χ1) is 13.0. The average molecular weight is 363 g/mol. The fourth-order valence-corrected chi connectivity index (χ4v) is 3.36. The van der Waals surface area contributed by atoms with E-state index in [0.717, 1.165) is 11.6 Å². The van der Waals surface area contributed by atoms with Gasteiger partial charge in [0.05, 0.1) is 18.2 Å². The molecule has 0 unspecified atom stereocenters. The van der Waals surface area contributed by atoms with Gasteiger partial charge in [-0.1, -0.05) is 19.9 Å². The van der Waals surface area contributed by atoms with Crippen LogP contribution in [0.2, 0.25) is 0 Å². The molecule has 4 rings (SSSR count). The molecule has 8 nitrogen and oxygen atoms in total. The van der Waals surface area contributed by atoms with Crippen LogP contribution in [0, 0.1) is 0 Å². The van der Waals surface area contributed by atoms with Crippen molar-refractivity contribution in [3.8, 4) is 11.5 Å². The number of carbonyl (C=O) groups excluding carboxylic acids is 1. The molecule has 1 amide bonds. The van der Waals surface area contributed by atoms with Crippen molar-refractivity contribution >= 4 is 5.91 Å². The number of nitrogens with zero attached hydrogens (tertiary/aromatic N) is 7. The van der Waals surface area contributed by atoms with E-state index >= 15 is 0 Å². The molecule has 3 aromatic rings. The van der Waals surface area contributed by atoms with Gasteiger partial charge in [-0.3, -0.25) is 9.78 Å². The van der Waals surface area contributed by atoms with E-state index in [1.807, 2.05) is 18.2 Å². The van der Waals surface area contributed by atoms with Crippen molar-refractivity contribution in [2.24, 2.45) is 0 Å². The van der Waals surface area contributed by atoms with Crippen LogP contribution in [0.15, 0.2) is 36.8 Å². The number of carbonyl (C=O) groups is 1. The summed E-state index contributed by atoms with van der Waals surface area (Å²) in [5, 5.41) is 8.59. The number of amides is 1. The van der Waals surface area contributed by atoms with Crippen LogP contribution in [-0.2, 0) is 6.54 Å². The second kappa shape index (κ2) is 6.86. The predicted octanol–water partition coefficient (Wildman–Crippen LogP) is 2.47. The Bertz CT molecular complexity index is 950. The lowest BCUT2D eigenvalue weighted by Crippen LogP contribution is -2.41. The third-order valence-corrected chi connectivity index (χ3v) is 4.65. The molecule has 1 aliphatic rings. The van der Waals surface area contributed by atoms with Gasteiger partial charge in [0.1, 0.15) is 11.5 Å². The molecule has 0 radical (unpaired) electrons. The third-order valence-electron chi connectivity index (χ3n) is 4.65. The molecule has 0 N–H and O–H groups in total. The highest BCUT2D eigenvalue weighted by molar-refractivity contribution is 5.93. The summed E-state index contributed by atoms with van der Waals surface area (Å²) >= 11 is 0. The predicted molar refractivity (Wildman–Crippen MR) is 98.8 cm³/mol. The number of pyridine rings is 1. The maximum atomic E-state index is 12.9. The molecule has 0 aromatic carbocycles. The van der Waals surface area contributed by atoms with Crippen molar-refractivity contribution in [2.45, 2.75) is 39.3 Å². The summed E-state index contributed by atoms with van der Waals surface area (Å²) in [6, 6.07) is 5.67. The molecule has 0 aliphatic carbocycles. The van der Waals surface area contributed by atoms with Gasteiger partial charge in [-0.15, -0.1) is 10.2 Å². The minimum Gasteiger partial charge on any atom is -0.329 e. The molecule has 0 saturated carbocycles. The summed E-state index contributed by atoms with van der Waals surface area (Å²) < 4.78 is 2.15. The molecular formula is C19H21N7O. The zero-order valence-corrected chi connectivity index (χ0v) is 15.6. The first kappa shape index (κ1) is 17.3. The van der Waals surface area contributed by atoms with Gasteiger partial charge in [-0.05, 0) is 19.1 Å². The van der Waals surface area contributed by atoms with Gasteiger partial charge in [0.15, 0.2) is 11.6 Å². The Hall–Kier alpha value is -3.16. The van der Waals surface area contributed by atoms with Gasteiger partial charge in [-0.2, -0.15) is 0 Å². The van der Waals surface area contributed by atoms with E-state index in [4.69, 9.17) is 0 Å². The fourth-order valence-electron chi connectivity index (χ4n) is 3.36. The van der Waals surface area contributed by atoms with Gasteiger partial charge in [0.2, 0.25) is 0 Å². The second-order valence-electron chi connectivity index (χ2n) is 7.04. The molecule has 8 heteroatoms. The molecule has 1 atom stereocenters. The number of aromatic nitrogens is 6. The molecule has 3 aromatic heterocycles. The van der Waals surface area contributed by atoms with Crippen LogP contribution in [0.25, 0.3) is 11.5 Å². The maximum absolute atomic E-state index is 12.9. The summed E-state index contributed by atoms with van der Waals surface area (Å²) in [6.07, 6.45) is 4.81. The second-order valence-corrected chi connectivity index (χ2v) is 7.04. The Kier molecular flexibility index (Phi) is 4.39. The van der Waals surface area contributed by atoms with Crippen molar-refractivity contribution in [2.75, 3.05) is 6.54 Å². The van der Waals surface area contributed by atoms with Crippen molar-refractivity contribution in [1.29, 1.82) is 0 Å². The fraction of sp³-hybridized carbons (Fsp3) is 0.368. The molecule has 27 heavy (non-hydrogen) atoms. The summed E-state index contributed by atoms with van der Waals surface area (Å²) in [4.78, 5) is 27.5. The van der Waals surface area contributed by atoms with Gasteiger partial charge >= 0.3 is 0 Å². The third kappa shape index (κ3) is 3.18. The number of hydrogen-bond acceptors (Lipinski definition) is 6. The number of rotatable bonds is 3. The molecule has 1 aliphatic heterocycles. The van der Waals surface area contributed by atoms with Crippen molar-refractivity contribution in [3.63, 3.8) is 0 Å². The van der Waals surface area contributed by atoms with Crippen LogP contribution in [0.4, 0.5) is 0 Å².